The van der Waals surface area contributed by atoms with Crippen molar-refractivity contribution in [3.63, 3.8) is 0 Å². The maximum Gasteiger partial charge on any atom is 0.254 e. The maximum atomic E-state index is 11.5. The van der Waals surface area contributed by atoms with Crippen molar-refractivity contribution in [2.24, 2.45) is 5.73 Å². The van der Waals surface area contributed by atoms with Crippen LogP contribution in [0.3, 0.4) is 0 Å². The minimum absolute atomic E-state index is 0.348. The van der Waals surface area contributed by atoms with Crippen molar-refractivity contribution in [2.45, 2.75) is 6.92 Å². The largest absolute Gasteiger partial charge is 0.365 e. The van der Waals surface area contributed by atoms with Crippen molar-refractivity contribution in [2.75, 3.05) is 0 Å². The van der Waals surface area contributed by atoms with Gasteiger partial charge in [-0.1, -0.05) is 23.7 Å². The highest BCUT2D eigenvalue weighted by molar-refractivity contribution is 6.30. The lowest BCUT2D eigenvalue weighted by Gasteiger charge is -2.04. The summed E-state index contributed by atoms with van der Waals surface area (Å²) in [4.78, 5) is 15.7. The lowest BCUT2D eigenvalue weighted by Crippen LogP contribution is -2.12. The van der Waals surface area contributed by atoms with Gasteiger partial charge in [0.25, 0.3) is 5.91 Å². The molecule has 2 heterocycles. The fraction of sp³-hybridized carbons (Fsp3) is 0.0714. The summed E-state index contributed by atoms with van der Waals surface area (Å²) in [6.07, 6.45) is 1.63. The first-order chi connectivity index (χ1) is 9.58. The molecule has 0 aliphatic carbocycles. The Morgan fingerprint density at radius 3 is 2.60 bits per heavy atom. The molecule has 100 valence electrons. The van der Waals surface area contributed by atoms with Gasteiger partial charge in [-0.05, 0) is 25.1 Å². The number of rotatable bonds is 2. The summed E-state index contributed by atoms with van der Waals surface area (Å²) >= 11 is 5.89. The summed E-state index contributed by atoms with van der Waals surface area (Å²) in [5, 5.41) is 5.01. The van der Waals surface area contributed by atoms with E-state index in [0.717, 1.165) is 11.3 Å². The Morgan fingerprint density at radius 2 is 1.95 bits per heavy atom. The van der Waals surface area contributed by atoms with Crippen molar-refractivity contribution in [1.82, 2.24) is 14.6 Å². The van der Waals surface area contributed by atoms with Gasteiger partial charge in [-0.3, -0.25) is 4.79 Å². The summed E-state index contributed by atoms with van der Waals surface area (Å²) in [6.45, 7) is 1.74. The number of fused-ring (bicyclic) bond motifs is 1. The Morgan fingerprint density at radius 1 is 1.25 bits per heavy atom. The second-order valence-corrected chi connectivity index (χ2v) is 4.83. The molecular formula is C14H11ClN4O. The zero-order valence-corrected chi connectivity index (χ0v) is 11.4. The Labute approximate surface area is 120 Å². The van der Waals surface area contributed by atoms with Crippen LogP contribution in [0.2, 0.25) is 5.02 Å². The average Bonchev–Trinajstić information content (AvgIpc) is 2.75. The number of carbonyl (C=O) groups is 1. The summed E-state index contributed by atoms with van der Waals surface area (Å²) in [6, 6.07) is 9.20. The van der Waals surface area contributed by atoms with Crippen LogP contribution in [0.25, 0.3) is 16.9 Å². The van der Waals surface area contributed by atoms with E-state index >= 15 is 0 Å². The predicted octanol–water partition coefficient (Wildman–Crippen LogP) is 2.46. The molecule has 0 bridgehead atoms. The average molecular weight is 287 g/mol. The summed E-state index contributed by atoms with van der Waals surface area (Å²) in [5.41, 5.74) is 8.51. The van der Waals surface area contributed by atoms with Crippen LogP contribution in [-0.2, 0) is 0 Å². The number of aryl methyl sites for hydroxylation is 1. The van der Waals surface area contributed by atoms with Gasteiger partial charge in [-0.15, -0.1) is 0 Å². The molecule has 0 aliphatic rings. The fourth-order valence-corrected chi connectivity index (χ4v) is 2.30. The normalized spacial score (nSPS) is 10.9. The lowest BCUT2D eigenvalue weighted by molar-refractivity contribution is 0.100. The molecule has 1 amide bonds. The molecule has 0 saturated heterocycles. The van der Waals surface area contributed by atoms with Crippen LogP contribution in [0.4, 0.5) is 0 Å². The van der Waals surface area contributed by atoms with Gasteiger partial charge in [0.05, 0.1) is 11.4 Å². The van der Waals surface area contributed by atoms with Gasteiger partial charge < -0.3 is 5.73 Å². The molecule has 1 aromatic carbocycles. The number of hydrogen-bond donors (Lipinski definition) is 1. The molecular weight excluding hydrogens is 276 g/mol. The van der Waals surface area contributed by atoms with Gasteiger partial charge in [-0.2, -0.15) is 5.10 Å². The first kappa shape index (κ1) is 12.6. The SMILES string of the molecule is Cc1nn2c(-c3ccc(Cl)cc3)ccnc2c1C(N)=O. The Bertz CT molecular complexity index is 808. The first-order valence-electron chi connectivity index (χ1n) is 5.98. The van der Waals surface area contributed by atoms with Crippen LogP contribution >= 0.6 is 11.6 Å². The molecule has 2 aromatic heterocycles. The van der Waals surface area contributed by atoms with Crippen molar-refractivity contribution in [3.8, 4) is 11.3 Å². The molecule has 0 unspecified atom stereocenters. The van der Waals surface area contributed by atoms with Gasteiger partial charge in [0, 0.05) is 16.8 Å². The highest BCUT2D eigenvalue weighted by atomic mass is 35.5. The van der Waals surface area contributed by atoms with E-state index in [-0.39, 0.29) is 0 Å². The van der Waals surface area contributed by atoms with E-state index in [0.29, 0.717) is 21.9 Å². The zero-order valence-electron chi connectivity index (χ0n) is 10.7. The number of carbonyl (C=O) groups excluding carboxylic acids is 1. The maximum absolute atomic E-state index is 11.5. The molecule has 0 radical (unpaired) electrons. The van der Waals surface area contributed by atoms with E-state index in [9.17, 15) is 4.79 Å². The van der Waals surface area contributed by atoms with Crippen LogP contribution in [0, 0.1) is 6.92 Å². The number of nitrogens with zero attached hydrogens (tertiary/aromatic N) is 3. The number of benzene rings is 1. The van der Waals surface area contributed by atoms with E-state index in [1.54, 1.807) is 29.8 Å². The van der Waals surface area contributed by atoms with E-state index < -0.39 is 5.91 Å². The molecule has 0 spiro atoms. The summed E-state index contributed by atoms with van der Waals surface area (Å²) < 4.78 is 1.62. The van der Waals surface area contributed by atoms with Crippen molar-refractivity contribution in [3.05, 3.63) is 52.8 Å². The highest BCUT2D eigenvalue weighted by Crippen LogP contribution is 2.23. The number of primary amides is 1. The van der Waals surface area contributed by atoms with E-state index in [4.69, 9.17) is 17.3 Å². The third kappa shape index (κ3) is 1.92. The molecule has 3 rings (SSSR count). The van der Waals surface area contributed by atoms with Gasteiger partial charge in [0.2, 0.25) is 0 Å². The monoisotopic (exact) mass is 286 g/mol. The lowest BCUT2D eigenvalue weighted by atomic mass is 10.1. The second kappa shape index (κ2) is 4.61. The van der Waals surface area contributed by atoms with Crippen LogP contribution in [0.1, 0.15) is 16.1 Å². The first-order valence-corrected chi connectivity index (χ1v) is 6.36. The summed E-state index contributed by atoms with van der Waals surface area (Å²) in [7, 11) is 0. The van der Waals surface area contributed by atoms with Crippen molar-refractivity contribution < 1.29 is 4.79 Å². The standard InChI is InChI=1S/C14H11ClN4O/c1-8-12(13(16)20)14-17-7-6-11(19(14)18-8)9-2-4-10(15)5-3-9/h2-7H,1H3,(H2,16,20). The molecule has 6 heteroatoms. The Kier molecular flexibility index (Phi) is 2.91. The highest BCUT2D eigenvalue weighted by Gasteiger charge is 2.17. The molecule has 3 aromatic rings. The minimum Gasteiger partial charge on any atom is -0.365 e. The molecule has 5 nitrogen and oxygen atoms in total. The minimum atomic E-state index is -0.529. The van der Waals surface area contributed by atoms with E-state index in [2.05, 4.69) is 10.1 Å². The van der Waals surface area contributed by atoms with Crippen LogP contribution < -0.4 is 5.73 Å². The summed E-state index contributed by atoms with van der Waals surface area (Å²) in [5.74, 6) is -0.529. The number of hydrogen-bond acceptors (Lipinski definition) is 3. The van der Waals surface area contributed by atoms with Crippen LogP contribution in [0.15, 0.2) is 36.5 Å². The quantitative estimate of drug-likeness (QED) is 0.786. The Balaban J connectivity index is 2.30. The van der Waals surface area contributed by atoms with Crippen LogP contribution in [-0.4, -0.2) is 20.5 Å². The van der Waals surface area contributed by atoms with E-state index in [1.807, 2.05) is 18.2 Å². The van der Waals surface area contributed by atoms with Gasteiger partial charge in [-0.25, -0.2) is 9.50 Å². The number of amides is 1. The van der Waals surface area contributed by atoms with Gasteiger partial charge >= 0.3 is 0 Å². The number of halogens is 1. The van der Waals surface area contributed by atoms with Crippen molar-refractivity contribution in [1.29, 1.82) is 0 Å². The molecule has 0 fully saturated rings. The smallest absolute Gasteiger partial charge is 0.254 e. The molecule has 2 N–H and O–H groups in total. The fourth-order valence-electron chi connectivity index (χ4n) is 2.18. The zero-order chi connectivity index (χ0) is 14.3. The molecule has 0 atom stereocenters. The molecule has 0 saturated carbocycles. The predicted molar refractivity (Wildman–Crippen MR) is 76.7 cm³/mol. The Hall–Kier alpha value is -2.40. The second-order valence-electron chi connectivity index (χ2n) is 4.40. The number of nitrogens with two attached hydrogens (primary N) is 1. The topological polar surface area (TPSA) is 73.3 Å². The van der Waals surface area contributed by atoms with Crippen molar-refractivity contribution >= 4 is 23.2 Å². The number of aromatic nitrogens is 3. The molecule has 20 heavy (non-hydrogen) atoms. The molecule has 0 aliphatic heterocycles. The van der Waals surface area contributed by atoms with Gasteiger partial charge in [0.1, 0.15) is 5.56 Å². The van der Waals surface area contributed by atoms with E-state index in [1.165, 1.54) is 0 Å². The third-order valence-electron chi connectivity index (χ3n) is 3.08. The van der Waals surface area contributed by atoms with Crippen LogP contribution in [0.5, 0.6) is 0 Å². The van der Waals surface area contributed by atoms with Gasteiger partial charge in [0.15, 0.2) is 5.65 Å². The third-order valence-corrected chi connectivity index (χ3v) is 3.33.